The number of benzene rings is 2. The molecule has 0 fully saturated rings. The molecule has 202 valence electrons. The quantitative estimate of drug-likeness (QED) is 0.237. The number of carbonyl (C=O) groups excluding carboxylic acids is 2. The molecular formula is C27H22Cl2F3N5O2. The zero-order valence-corrected chi connectivity index (χ0v) is 22.4. The van der Waals surface area contributed by atoms with Gasteiger partial charge >= 0.3 is 12.2 Å². The molecule has 0 bridgehead atoms. The Bertz CT molecular complexity index is 1620. The van der Waals surface area contributed by atoms with Crippen LogP contribution in [0.5, 0.6) is 0 Å². The first-order chi connectivity index (χ1) is 18.2. The number of nitrogens with one attached hydrogen (secondary N) is 2. The fourth-order valence-electron chi connectivity index (χ4n) is 4.06. The lowest BCUT2D eigenvalue weighted by Crippen LogP contribution is -2.43. The molecule has 0 spiro atoms. The number of anilines is 1. The maximum atomic E-state index is 14.0. The first kappa shape index (κ1) is 28.1. The monoisotopic (exact) mass is 575 g/mol. The Balaban J connectivity index is 2.02. The van der Waals surface area contributed by atoms with Crippen molar-refractivity contribution in [3.8, 4) is 22.3 Å². The van der Waals surface area contributed by atoms with Crippen molar-refractivity contribution in [2.75, 3.05) is 5.32 Å². The molecule has 12 heteroatoms. The third-order valence-electron chi connectivity index (χ3n) is 5.60. The van der Waals surface area contributed by atoms with Crippen molar-refractivity contribution < 1.29 is 22.8 Å². The van der Waals surface area contributed by atoms with E-state index in [9.17, 15) is 22.8 Å². The summed E-state index contributed by atoms with van der Waals surface area (Å²) in [6.45, 7) is 5.37. The predicted octanol–water partition coefficient (Wildman–Crippen LogP) is 7.31. The van der Waals surface area contributed by atoms with Crippen molar-refractivity contribution in [2.24, 2.45) is 5.73 Å². The van der Waals surface area contributed by atoms with Gasteiger partial charge in [-0.25, -0.2) is 9.78 Å². The van der Waals surface area contributed by atoms with Gasteiger partial charge in [0, 0.05) is 51.1 Å². The number of halogens is 5. The van der Waals surface area contributed by atoms with E-state index < -0.39 is 34.8 Å². The molecule has 0 atom stereocenters. The minimum atomic E-state index is -4.82. The summed E-state index contributed by atoms with van der Waals surface area (Å²) in [5, 5.41) is 5.86. The highest BCUT2D eigenvalue weighted by atomic mass is 35.5. The number of aromatic nitrogens is 2. The average molecular weight is 576 g/mol. The summed E-state index contributed by atoms with van der Waals surface area (Å²) >= 11 is 13.3. The molecule has 3 amide bonds. The molecule has 0 unspecified atom stereocenters. The minimum absolute atomic E-state index is 0.0515. The molecule has 0 saturated heterocycles. The van der Waals surface area contributed by atoms with Gasteiger partial charge in [0.15, 0.2) is 0 Å². The van der Waals surface area contributed by atoms with E-state index in [4.69, 9.17) is 28.9 Å². The van der Waals surface area contributed by atoms with Gasteiger partial charge in [-0.15, -0.1) is 0 Å². The van der Waals surface area contributed by atoms with Crippen molar-refractivity contribution in [3.63, 3.8) is 0 Å². The van der Waals surface area contributed by atoms with Crippen LogP contribution in [0.4, 0.5) is 23.8 Å². The molecule has 2 aromatic carbocycles. The molecule has 2 heterocycles. The van der Waals surface area contributed by atoms with Gasteiger partial charge in [0.1, 0.15) is 5.82 Å². The number of fused-ring (bicyclic) bond motifs is 1. The molecule has 0 aliphatic heterocycles. The van der Waals surface area contributed by atoms with E-state index in [0.717, 1.165) is 12.1 Å². The molecule has 4 rings (SSSR count). The second kappa shape index (κ2) is 10.3. The third kappa shape index (κ3) is 5.91. The summed E-state index contributed by atoms with van der Waals surface area (Å²) in [5.41, 5.74) is 3.57. The molecule has 0 saturated carbocycles. The summed E-state index contributed by atoms with van der Waals surface area (Å²) in [7, 11) is 0. The molecular weight excluding hydrogens is 554 g/mol. The number of primary amides is 1. The smallest absolute Gasteiger partial charge is 0.366 e. The van der Waals surface area contributed by atoms with Gasteiger partial charge in [0.25, 0.3) is 0 Å². The number of rotatable bonds is 4. The first-order valence-corrected chi connectivity index (χ1v) is 12.3. The molecule has 7 nitrogen and oxygen atoms in total. The first-order valence-electron chi connectivity index (χ1n) is 11.5. The lowest BCUT2D eigenvalue weighted by atomic mass is 9.91. The second-order valence-electron chi connectivity index (χ2n) is 9.66. The lowest BCUT2D eigenvalue weighted by molar-refractivity contribution is -0.137. The summed E-state index contributed by atoms with van der Waals surface area (Å²) in [6.07, 6.45) is -1.77. The van der Waals surface area contributed by atoms with Crippen LogP contribution in [0.2, 0.25) is 10.0 Å². The number of urea groups is 1. The molecule has 0 aliphatic rings. The summed E-state index contributed by atoms with van der Waals surface area (Å²) in [4.78, 5) is 33.5. The topological polar surface area (TPSA) is 110 Å². The van der Waals surface area contributed by atoms with E-state index >= 15 is 0 Å². The number of hydrogen-bond acceptors (Lipinski definition) is 4. The molecule has 4 N–H and O–H groups in total. The van der Waals surface area contributed by atoms with E-state index in [2.05, 4.69) is 20.6 Å². The minimum Gasteiger partial charge on any atom is -0.366 e. The Hall–Kier alpha value is -3.89. The van der Waals surface area contributed by atoms with E-state index in [1.54, 1.807) is 32.9 Å². The van der Waals surface area contributed by atoms with Crippen LogP contribution < -0.4 is 16.4 Å². The zero-order chi connectivity index (χ0) is 28.7. The van der Waals surface area contributed by atoms with Gasteiger partial charge in [0.2, 0.25) is 5.91 Å². The van der Waals surface area contributed by atoms with Crippen molar-refractivity contribution in [1.29, 1.82) is 0 Å². The summed E-state index contributed by atoms with van der Waals surface area (Å²) < 4.78 is 42.1. The lowest BCUT2D eigenvalue weighted by Gasteiger charge is -2.22. The van der Waals surface area contributed by atoms with Crippen LogP contribution in [-0.4, -0.2) is 27.4 Å². The van der Waals surface area contributed by atoms with E-state index in [1.165, 1.54) is 30.6 Å². The average Bonchev–Trinajstić information content (AvgIpc) is 2.82. The van der Waals surface area contributed by atoms with Gasteiger partial charge in [-0.2, -0.15) is 13.2 Å². The molecule has 0 radical (unpaired) electrons. The van der Waals surface area contributed by atoms with Gasteiger partial charge in [-0.3, -0.25) is 15.1 Å². The van der Waals surface area contributed by atoms with Crippen molar-refractivity contribution in [1.82, 2.24) is 15.3 Å². The Morgan fingerprint density at radius 3 is 2.33 bits per heavy atom. The van der Waals surface area contributed by atoms with Crippen molar-refractivity contribution in [2.45, 2.75) is 32.5 Å². The van der Waals surface area contributed by atoms with Crippen LogP contribution in [0.25, 0.3) is 33.2 Å². The highest BCUT2D eigenvalue weighted by Gasteiger charge is 2.36. The number of pyridine rings is 2. The van der Waals surface area contributed by atoms with Crippen molar-refractivity contribution >= 4 is 51.9 Å². The highest BCUT2D eigenvalue weighted by molar-refractivity contribution is 6.41. The predicted molar refractivity (Wildman–Crippen MR) is 146 cm³/mol. The molecule has 2 aromatic heterocycles. The number of carbonyl (C=O) groups is 2. The Kier molecular flexibility index (Phi) is 7.46. The molecule has 39 heavy (non-hydrogen) atoms. The molecule has 4 aromatic rings. The number of alkyl halides is 3. The Morgan fingerprint density at radius 2 is 1.69 bits per heavy atom. The van der Waals surface area contributed by atoms with E-state index in [1.807, 2.05) is 0 Å². The normalized spacial score (nSPS) is 11.9. The third-order valence-corrected chi connectivity index (χ3v) is 6.31. The largest absolute Gasteiger partial charge is 0.417 e. The number of nitrogens with zero attached hydrogens (tertiary/aromatic N) is 2. The van der Waals surface area contributed by atoms with Crippen molar-refractivity contribution in [3.05, 3.63) is 76.0 Å². The van der Waals surface area contributed by atoms with Crippen LogP contribution in [0.15, 0.2) is 54.9 Å². The Morgan fingerprint density at radius 1 is 0.974 bits per heavy atom. The highest BCUT2D eigenvalue weighted by Crippen LogP contribution is 2.47. The van der Waals surface area contributed by atoms with Crippen LogP contribution >= 0.6 is 23.2 Å². The van der Waals surface area contributed by atoms with Crippen LogP contribution in [0.3, 0.4) is 0 Å². The number of hydrogen-bond donors (Lipinski definition) is 3. The van der Waals surface area contributed by atoms with Crippen LogP contribution in [-0.2, 0) is 6.18 Å². The summed E-state index contributed by atoms with van der Waals surface area (Å²) in [5.74, 6) is -1.01. The van der Waals surface area contributed by atoms with E-state index in [0.29, 0.717) is 10.9 Å². The fraction of sp³-hybridized carbons (Fsp3) is 0.185. The van der Waals surface area contributed by atoms with Gasteiger partial charge in [-0.1, -0.05) is 35.3 Å². The number of nitrogens with two attached hydrogens (primary N) is 1. The SMILES string of the molecule is CC(C)(C)NC(=O)Nc1nc2ccncc2cc1-c1c(Cl)ccc(-c2c(C(N)=O)cccc2C(F)(F)F)c1Cl. The van der Waals surface area contributed by atoms with Gasteiger partial charge < -0.3 is 11.1 Å². The fourth-order valence-corrected chi connectivity index (χ4v) is 4.73. The maximum Gasteiger partial charge on any atom is 0.417 e. The van der Waals surface area contributed by atoms with Crippen LogP contribution in [0.1, 0.15) is 36.7 Å². The zero-order valence-electron chi connectivity index (χ0n) is 20.9. The van der Waals surface area contributed by atoms with Gasteiger partial charge in [-0.05, 0) is 51.1 Å². The molecule has 0 aliphatic carbocycles. The standard InChI is InChI=1S/C27H22Cl2F3N5O2/c1-26(2,3)37-25(39)36-24-16(11-13-12-34-10-9-19(13)35-24)21-18(28)8-7-14(22(21)29)20-15(23(33)38)5-4-6-17(20)27(30,31)32/h4-12H,1-3H3,(H2,33,38)(H2,35,36,37,39). The van der Waals surface area contributed by atoms with Crippen LogP contribution in [0, 0.1) is 0 Å². The number of amides is 3. The van der Waals surface area contributed by atoms with Gasteiger partial charge in [0.05, 0.1) is 21.1 Å². The summed E-state index contributed by atoms with van der Waals surface area (Å²) in [6, 6.07) is 8.40. The van der Waals surface area contributed by atoms with E-state index in [-0.39, 0.29) is 38.1 Å². The maximum absolute atomic E-state index is 14.0. The Labute approximate surface area is 231 Å². The second-order valence-corrected chi connectivity index (χ2v) is 10.4.